The molecule has 0 spiro atoms. The number of hydrogen-bond acceptors (Lipinski definition) is 5. The van der Waals surface area contributed by atoms with E-state index >= 15 is 0 Å². The maximum atomic E-state index is 13.3. The van der Waals surface area contributed by atoms with Crippen molar-refractivity contribution in [1.29, 1.82) is 0 Å². The van der Waals surface area contributed by atoms with Crippen molar-refractivity contribution in [2.45, 2.75) is 49.2 Å². The SMILES string of the molecule is COCC1(C2CC2)CCCN1C(=O)C1Nc2cc(C)ccc2S(=O)(=O)N1. The van der Waals surface area contributed by atoms with Gasteiger partial charge in [0.2, 0.25) is 10.0 Å². The van der Waals surface area contributed by atoms with Crippen LogP contribution in [0, 0.1) is 12.8 Å². The Kier molecular flexibility index (Phi) is 4.24. The Morgan fingerprint density at radius 2 is 2.15 bits per heavy atom. The molecule has 8 heteroatoms. The topological polar surface area (TPSA) is 87.7 Å². The van der Waals surface area contributed by atoms with Crippen LogP contribution in [0.15, 0.2) is 23.1 Å². The predicted molar refractivity (Wildman–Crippen MR) is 97.2 cm³/mol. The number of anilines is 1. The largest absolute Gasteiger partial charge is 0.382 e. The van der Waals surface area contributed by atoms with E-state index < -0.39 is 16.2 Å². The summed E-state index contributed by atoms with van der Waals surface area (Å²) in [4.78, 5) is 15.3. The molecule has 3 aliphatic rings. The highest BCUT2D eigenvalue weighted by molar-refractivity contribution is 7.89. The van der Waals surface area contributed by atoms with Crippen LogP contribution in [0.4, 0.5) is 5.69 Å². The second-order valence-corrected chi connectivity index (χ2v) is 9.28. The Morgan fingerprint density at radius 1 is 1.38 bits per heavy atom. The van der Waals surface area contributed by atoms with Gasteiger partial charge in [0.15, 0.2) is 6.17 Å². The zero-order valence-electron chi connectivity index (χ0n) is 15.1. The minimum atomic E-state index is -3.73. The van der Waals surface area contributed by atoms with E-state index in [1.54, 1.807) is 25.3 Å². The Hall–Kier alpha value is -1.64. The van der Waals surface area contributed by atoms with Gasteiger partial charge in [0, 0.05) is 13.7 Å². The Morgan fingerprint density at radius 3 is 2.85 bits per heavy atom. The van der Waals surface area contributed by atoms with Crippen LogP contribution < -0.4 is 10.0 Å². The van der Waals surface area contributed by atoms with Gasteiger partial charge in [-0.25, -0.2) is 8.42 Å². The highest BCUT2D eigenvalue weighted by atomic mass is 32.2. The second-order valence-electron chi connectivity index (χ2n) is 7.60. The maximum Gasteiger partial charge on any atom is 0.261 e. The van der Waals surface area contributed by atoms with Crippen molar-refractivity contribution in [3.05, 3.63) is 23.8 Å². The number of carbonyl (C=O) groups is 1. The van der Waals surface area contributed by atoms with Crippen LogP contribution in [0.3, 0.4) is 0 Å². The van der Waals surface area contributed by atoms with Gasteiger partial charge in [-0.05, 0) is 56.2 Å². The smallest absolute Gasteiger partial charge is 0.261 e. The quantitative estimate of drug-likeness (QED) is 0.827. The summed E-state index contributed by atoms with van der Waals surface area (Å²) >= 11 is 0. The van der Waals surface area contributed by atoms with Gasteiger partial charge in [-0.2, -0.15) is 4.72 Å². The molecule has 2 aliphatic heterocycles. The summed E-state index contributed by atoms with van der Waals surface area (Å²) < 4.78 is 33.2. The molecule has 2 fully saturated rings. The van der Waals surface area contributed by atoms with Gasteiger partial charge in [-0.1, -0.05) is 6.07 Å². The van der Waals surface area contributed by atoms with Crippen molar-refractivity contribution in [3.8, 4) is 0 Å². The molecule has 1 saturated heterocycles. The molecular formula is C18H25N3O4S. The molecule has 1 aromatic carbocycles. The number of nitrogens with one attached hydrogen (secondary N) is 2. The van der Waals surface area contributed by atoms with Gasteiger partial charge in [0.05, 0.1) is 17.8 Å². The molecule has 0 radical (unpaired) electrons. The molecule has 2 atom stereocenters. The number of methoxy groups -OCH3 is 1. The molecule has 1 amide bonds. The lowest BCUT2D eigenvalue weighted by atomic mass is 9.90. The van der Waals surface area contributed by atoms with E-state index in [2.05, 4.69) is 10.0 Å². The molecular weight excluding hydrogens is 354 g/mol. The first-order chi connectivity index (χ1) is 12.4. The molecule has 142 valence electrons. The minimum absolute atomic E-state index is 0.180. The minimum Gasteiger partial charge on any atom is -0.382 e. The van der Waals surface area contributed by atoms with Crippen LogP contribution in [-0.2, 0) is 19.6 Å². The van der Waals surface area contributed by atoms with Gasteiger partial charge >= 0.3 is 0 Å². The number of benzene rings is 1. The Bertz CT molecular complexity index is 837. The third-order valence-corrected chi connectivity index (χ3v) is 7.25. The number of nitrogens with zero attached hydrogens (tertiary/aromatic N) is 1. The lowest BCUT2D eigenvalue weighted by Gasteiger charge is -2.41. The fraction of sp³-hybridized carbons (Fsp3) is 0.611. The molecule has 1 aliphatic carbocycles. The zero-order chi connectivity index (χ0) is 18.5. The number of sulfonamides is 1. The first kappa shape index (κ1) is 17.8. The van der Waals surface area contributed by atoms with Crippen LogP contribution in [0.2, 0.25) is 0 Å². The van der Waals surface area contributed by atoms with Crippen molar-refractivity contribution in [2.75, 3.05) is 25.6 Å². The molecule has 4 rings (SSSR count). The standard InChI is InChI=1S/C18H25N3O4S/c1-12-4-7-15-14(10-12)19-16(20-26(15,23)24)17(22)21-9-3-8-18(21,11-25-2)13-5-6-13/h4,7,10,13,16,19-20H,3,5-6,8-9,11H2,1-2H3. The number of fused-ring (bicyclic) bond motifs is 1. The fourth-order valence-electron chi connectivity index (χ4n) is 4.46. The fourth-order valence-corrected chi connectivity index (χ4v) is 5.71. The van der Waals surface area contributed by atoms with E-state index in [1.807, 2.05) is 11.8 Å². The Balaban J connectivity index is 1.64. The summed E-state index contributed by atoms with van der Waals surface area (Å²) in [6.45, 7) is 3.03. The number of ether oxygens (including phenoxy) is 1. The molecule has 2 unspecified atom stereocenters. The Labute approximate surface area is 154 Å². The molecule has 7 nitrogen and oxygen atoms in total. The highest BCUT2D eigenvalue weighted by Gasteiger charge is 2.54. The summed E-state index contributed by atoms with van der Waals surface area (Å²) in [5, 5.41) is 3.09. The average molecular weight is 379 g/mol. The van der Waals surface area contributed by atoms with E-state index in [9.17, 15) is 13.2 Å². The molecule has 0 aromatic heterocycles. The van der Waals surface area contributed by atoms with Gasteiger partial charge in [-0.3, -0.25) is 4.79 Å². The number of rotatable bonds is 4. The van der Waals surface area contributed by atoms with Crippen molar-refractivity contribution in [2.24, 2.45) is 5.92 Å². The van der Waals surface area contributed by atoms with E-state index in [-0.39, 0.29) is 16.3 Å². The van der Waals surface area contributed by atoms with E-state index in [4.69, 9.17) is 4.74 Å². The number of carbonyl (C=O) groups excluding carboxylic acids is 1. The lowest BCUT2D eigenvalue weighted by molar-refractivity contribution is -0.139. The van der Waals surface area contributed by atoms with Gasteiger partial charge in [0.25, 0.3) is 5.91 Å². The molecule has 2 N–H and O–H groups in total. The normalized spacial score (nSPS) is 29.9. The third-order valence-electron chi connectivity index (χ3n) is 5.77. The van der Waals surface area contributed by atoms with Crippen molar-refractivity contribution < 1.29 is 17.9 Å². The summed E-state index contributed by atoms with van der Waals surface area (Å²) in [5.74, 6) is 0.228. The first-order valence-electron chi connectivity index (χ1n) is 9.07. The number of hydrogen-bond donors (Lipinski definition) is 2. The van der Waals surface area contributed by atoms with Crippen LogP contribution in [0.25, 0.3) is 0 Å². The van der Waals surface area contributed by atoms with Gasteiger partial charge in [-0.15, -0.1) is 0 Å². The third kappa shape index (κ3) is 2.80. The van der Waals surface area contributed by atoms with Gasteiger partial charge < -0.3 is 15.0 Å². The number of aryl methyl sites for hydroxylation is 1. The molecule has 0 bridgehead atoms. The monoisotopic (exact) mass is 379 g/mol. The number of amides is 1. The van der Waals surface area contributed by atoms with Crippen LogP contribution >= 0.6 is 0 Å². The van der Waals surface area contributed by atoms with Crippen LogP contribution in [0.1, 0.15) is 31.2 Å². The molecule has 26 heavy (non-hydrogen) atoms. The summed E-state index contributed by atoms with van der Waals surface area (Å²) in [6.07, 6.45) is 3.04. The van der Waals surface area contributed by atoms with Crippen LogP contribution in [0.5, 0.6) is 0 Å². The summed E-state index contributed by atoms with van der Waals surface area (Å²) in [6, 6.07) is 5.08. The predicted octanol–water partition coefficient (Wildman–Crippen LogP) is 1.44. The summed E-state index contributed by atoms with van der Waals surface area (Å²) in [5.41, 5.74) is 1.11. The van der Waals surface area contributed by atoms with E-state index in [1.165, 1.54) is 0 Å². The average Bonchev–Trinajstić information content (AvgIpc) is 3.35. The van der Waals surface area contributed by atoms with Gasteiger partial charge in [0.1, 0.15) is 4.90 Å². The van der Waals surface area contributed by atoms with Crippen LogP contribution in [-0.4, -0.2) is 51.2 Å². The highest BCUT2D eigenvalue weighted by Crippen LogP contribution is 2.49. The van der Waals surface area contributed by atoms with Crippen molar-refractivity contribution in [1.82, 2.24) is 9.62 Å². The first-order valence-corrected chi connectivity index (χ1v) is 10.6. The van der Waals surface area contributed by atoms with Crippen molar-refractivity contribution >= 4 is 21.6 Å². The maximum absolute atomic E-state index is 13.3. The second kappa shape index (κ2) is 6.21. The molecule has 2 heterocycles. The lowest BCUT2D eigenvalue weighted by Crippen LogP contribution is -2.61. The summed E-state index contributed by atoms with van der Waals surface area (Å²) in [7, 11) is -2.07. The molecule has 1 saturated carbocycles. The van der Waals surface area contributed by atoms with Crippen molar-refractivity contribution in [3.63, 3.8) is 0 Å². The zero-order valence-corrected chi connectivity index (χ0v) is 15.9. The number of likely N-dealkylation sites (tertiary alicyclic amines) is 1. The van der Waals surface area contributed by atoms with E-state index in [0.717, 1.165) is 31.2 Å². The molecule has 1 aromatic rings. The van der Waals surface area contributed by atoms with E-state index in [0.29, 0.717) is 24.8 Å².